The van der Waals surface area contributed by atoms with Gasteiger partial charge >= 0.3 is 6.18 Å². The van der Waals surface area contributed by atoms with Crippen LogP contribution in [0.5, 0.6) is 0 Å². The summed E-state index contributed by atoms with van der Waals surface area (Å²) in [6.07, 6.45) is -2.95. The van der Waals surface area contributed by atoms with Crippen LogP contribution in [-0.4, -0.2) is 17.9 Å². The van der Waals surface area contributed by atoms with Crippen LogP contribution in [0.2, 0.25) is 0 Å². The van der Waals surface area contributed by atoms with E-state index in [1.807, 2.05) is 32.0 Å². The zero-order valence-electron chi connectivity index (χ0n) is 15.2. The quantitative estimate of drug-likeness (QED) is 0.749. The molecule has 1 fully saturated rings. The third kappa shape index (κ3) is 3.48. The third-order valence-corrected chi connectivity index (χ3v) is 5.01. The van der Waals surface area contributed by atoms with E-state index in [4.69, 9.17) is 0 Å². The Balaban J connectivity index is 1.85. The highest BCUT2D eigenvalue weighted by Crippen LogP contribution is 2.50. The van der Waals surface area contributed by atoms with Crippen molar-refractivity contribution in [2.45, 2.75) is 44.8 Å². The first-order chi connectivity index (χ1) is 12.1. The van der Waals surface area contributed by atoms with Crippen LogP contribution in [0.4, 0.5) is 13.2 Å². The summed E-state index contributed by atoms with van der Waals surface area (Å²) in [6.45, 7) is 3.92. The number of carbonyl (C=O) groups excluding carboxylic acids is 1. The van der Waals surface area contributed by atoms with Crippen molar-refractivity contribution in [2.75, 3.05) is 7.05 Å². The second kappa shape index (κ2) is 6.45. The summed E-state index contributed by atoms with van der Waals surface area (Å²) < 4.78 is 39.6. The standard InChI is InChI=1S/C21H22F3NO/c1-14-10-15(2)12-17(11-14)20(8-9-20)19(26)25(3)13-16-6-4-5-7-18(16)21(22,23)24/h4-7,10-12H,8-9,13H2,1-3H3. The maximum absolute atomic E-state index is 13.2. The van der Waals surface area contributed by atoms with E-state index in [0.717, 1.165) is 35.6 Å². The van der Waals surface area contributed by atoms with Crippen molar-refractivity contribution in [2.24, 2.45) is 0 Å². The number of hydrogen-bond donors (Lipinski definition) is 0. The van der Waals surface area contributed by atoms with Crippen LogP contribution in [-0.2, 0) is 22.9 Å². The van der Waals surface area contributed by atoms with E-state index in [-0.39, 0.29) is 18.0 Å². The Morgan fingerprint density at radius 1 is 1.08 bits per heavy atom. The molecule has 2 nitrogen and oxygen atoms in total. The Hall–Kier alpha value is -2.30. The lowest BCUT2D eigenvalue weighted by molar-refractivity contribution is -0.140. The highest BCUT2D eigenvalue weighted by Gasteiger charge is 2.52. The Kier molecular flexibility index (Phi) is 4.59. The van der Waals surface area contributed by atoms with Gasteiger partial charge in [-0.15, -0.1) is 0 Å². The fourth-order valence-corrected chi connectivity index (χ4v) is 3.63. The minimum absolute atomic E-state index is 0.0545. The largest absolute Gasteiger partial charge is 0.416 e. The molecular weight excluding hydrogens is 339 g/mol. The van der Waals surface area contributed by atoms with Gasteiger partial charge in [-0.3, -0.25) is 4.79 Å². The molecule has 26 heavy (non-hydrogen) atoms. The van der Waals surface area contributed by atoms with Gasteiger partial charge in [0.15, 0.2) is 0 Å². The van der Waals surface area contributed by atoms with E-state index in [2.05, 4.69) is 0 Å². The minimum atomic E-state index is -4.43. The molecule has 0 unspecified atom stereocenters. The van der Waals surface area contributed by atoms with Gasteiger partial charge in [-0.2, -0.15) is 13.2 Å². The lowest BCUT2D eigenvalue weighted by Crippen LogP contribution is -2.36. The molecule has 1 saturated carbocycles. The summed E-state index contributed by atoms with van der Waals surface area (Å²) >= 11 is 0. The molecule has 5 heteroatoms. The highest BCUT2D eigenvalue weighted by molar-refractivity contribution is 5.91. The summed E-state index contributed by atoms with van der Waals surface area (Å²) in [5, 5.41) is 0. The van der Waals surface area contributed by atoms with Gasteiger partial charge in [-0.25, -0.2) is 0 Å². The lowest BCUT2D eigenvalue weighted by atomic mass is 9.91. The number of carbonyl (C=O) groups is 1. The Morgan fingerprint density at radius 2 is 1.65 bits per heavy atom. The molecule has 0 spiro atoms. The third-order valence-electron chi connectivity index (χ3n) is 5.01. The predicted molar refractivity (Wildman–Crippen MR) is 94.7 cm³/mol. The summed E-state index contributed by atoms with van der Waals surface area (Å²) in [7, 11) is 1.58. The Morgan fingerprint density at radius 3 is 2.19 bits per heavy atom. The van der Waals surface area contributed by atoms with Gasteiger partial charge in [0.25, 0.3) is 0 Å². The summed E-state index contributed by atoms with van der Waals surface area (Å²) in [4.78, 5) is 14.5. The van der Waals surface area contributed by atoms with Crippen molar-refractivity contribution in [1.29, 1.82) is 0 Å². The molecule has 2 aromatic rings. The zero-order valence-corrected chi connectivity index (χ0v) is 15.2. The molecule has 0 atom stereocenters. The van der Waals surface area contributed by atoms with Crippen LogP contribution in [0.3, 0.4) is 0 Å². The van der Waals surface area contributed by atoms with Crippen molar-refractivity contribution in [3.8, 4) is 0 Å². The van der Waals surface area contributed by atoms with Crippen molar-refractivity contribution < 1.29 is 18.0 Å². The fourth-order valence-electron chi connectivity index (χ4n) is 3.63. The summed E-state index contributed by atoms with van der Waals surface area (Å²) in [5.74, 6) is -0.112. The maximum Gasteiger partial charge on any atom is 0.416 e. The van der Waals surface area contributed by atoms with Gasteiger partial charge in [-0.05, 0) is 43.9 Å². The van der Waals surface area contributed by atoms with Crippen LogP contribution in [0.25, 0.3) is 0 Å². The molecule has 0 N–H and O–H groups in total. The molecule has 0 radical (unpaired) electrons. The number of likely N-dealkylation sites (N-methyl/N-ethyl adjacent to an activating group) is 1. The molecule has 0 aromatic heterocycles. The number of aryl methyl sites for hydroxylation is 2. The van der Waals surface area contributed by atoms with Crippen LogP contribution in [0, 0.1) is 13.8 Å². The van der Waals surface area contributed by atoms with Gasteiger partial charge in [0.05, 0.1) is 11.0 Å². The average molecular weight is 361 g/mol. The zero-order chi connectivity index (χ0) is 19.1. The van der Waals surface area contributed by atoms with Crippen LogP contribution < -0.4 is 0 Å². The van der Waals surface area contributed by atoms with Gasteiger partial charge in [0, 0.05) is 13.6 Å². The smallest absolute Gasteiger partial charge is 0.341 e. The van der Waals surface area contributed by atoms with Gasteiger partial charge in [0.1, 0.15) is 0 Å². The van der Waals surface area contributed by atoms with E-state index in [1.54, 1.807) is 13.1 Å². The summed E-state index contributed by atoms with van der Waals surface area (Å²) in [5.41, 5.74) is 1.99. The van der Waals surface area contributed by atoms with Crippen molar-refractivity contribution in [1.82, 2.24) is 4.90 Å². The van der Waals surface area contributed by atoms with E-state index < -0.39 is 17.2 Å². The fraction of sp³-hybridized carbons (Fsp3) is 0.381. The average Bonchev–Trinajstić information content (AvgIpc) is 3.34. The van der Waals surface area contributed by atoms with E-state index in [1.165, 1.54) is 17.0 Å². The molecule has 1 aliphatic rings. The number of halogens is 3. The van der Waals surface area contributed by atoms with Gasteiger partial charge in [-0.1, -0.05) is 47.5 Å². The molecule has 0 bridgehead atoms. The topological polar surface area (TPSA) is 20.3 Å². The predicted octanol–water partition coefficient (Wildman–Crippen LogP) is 5.01. The first kappa shape index (κ1) is 18.5. The van der Waals surface area contributed by atoms with Crippen molar-refractivity contribution >= 4 is 5.91 Å². The normalized spacial score (nSPS) is 15.6. The van der Waals surface area contributed by atoms with Crippen LogP contribution in [0.1, 0.15) is 40.7 Å². The first-order valence-corrected chi connectivity index (χ1v) is 8.63. The monoisotopic (exact) mass is 361 g/mol. The van der Waals surface area contributed by atoms with Crippen molar-refractivity contribution in [3.05, 3.63) is 70.3 Å². The molecule has 0 heterocycles. The van der Waals surface area contributed by atoms with Crippen LogP contribution >= 0.6 is 0 Å². The van der Waals surface area contributed by atoms with Gasteiger partial charge in [0.2, 0.25) is 5.91 Å². The minimum Gasteiger partial charge on any atom is -0.341 e. The van der Waals surface area contributed by atoms with E-state index >= 15 is 0 Å². The molecule has 1 aliphatic carbocycles. The summed E-state index contributed by atoms with van der Waals surface area (Å²) in [6, 6.07) is 11.5. The second-order valence-corrected chi connectivity index (χ2v) is 7.27. The molecule has 138 valence electrons. The lowest BCUT2D eigenvalue weighted by Gasteiger charge is -2.25. The number of nitrogens with zero attached hydrogens (tertiary/aromatic N) is 1. The Bertz CT molecular complexity index is 817. The SMILES string of the molecule is Cc1cc(C)cc(C2(C(=O)N(C)Cc3ccccc3C(F)(F)F)CC2)c1. The molecule has 0 saturated heterocycles. The highest BCUT2D eigenvalue weighted by atomic mass is 19.4. The molecule has 0 aliphatic heterocycles. The van der Waals surface area contributed by atoms with Crippen molar-refractivity contribution in [3.63, 3.8) is 0 Å². The Labute approximate surface area is 151 Å². The number of hydrogen-bond acceptors (Lipinski definition) is 1. The molecular formula is C21H22F3NO. The molecule has 1 amide bonds. The van der Waals surface area contributed by atoms with Crippen LogP contribution in [0.15, 0.2) is 42.5 Å². The van der Waals surface area contributed by atoms with Gasteiger partial charge < -0.3 is 4.90 Å². The number of rotatable bonds is 4. The number of alkyl halides is 3. The number of benzene rings is 2. The molecule has 2 aromatic carbocycles. The van der Waals surface area contributed by atoms with E-state index in [9.17, 15) is 18.0 Å². The maximum atomic E-state index is 13.2. The van der Waals surface area contributed by atoms with E-state index in [0.29, 0.717) is 0 Å². The molecule has 3 rings (SSSR count). The number of amides is 1. The second-order valence-electron chi connectivity index (χ2n) is 7.27. The first-order valence-electron chi connectivity index (χ1n) is 8.63.